The molecule has 1 atom stereocenters. The molecule has 0 saturated carbocycles. The van der Waals surface area contributed by atoms with Crippen LogP contribution < -0.4 is 10.1 Å². The van der Waals surface area contributed by atoms with E-state index in [1.807, 2.05) is 19.1 Å². The zero-order chi connectivity index (χ0) is 24.6. The number of nitrogens with one attached hydrogen (secondary N) is 1. The zero-order valence-corrected chi connectivity index (χ0v) is 21.2. The molecular formula is C28H39NO4. The van der Waals surface area contributed by atoms with E-state index in [1.54, 1.807) is 19.2 Å². The van der Waals surface area contributed by atoms with Crippen LogP contribution in [0.1, 0.15) is 92.8 Å². The Kier molecular flexibility index (Phi) is 9.51. The second kappa shape index (κ2) is 11.9. The van der Waals surface area contributed by atoms with Crippen LogP contribution >= 0.6 is 0 Å². The summed E-state index contributed by atoms with van der Waals surface area (Å²) in [4.78, 5) is 25.3. The monoisotopic (exact) mass is 453 g/mol. The van der Waals surface area contributed by atoms with Gasteiger partial charge in [-0.05, 0) is 59.6 Å². The molecule has 0 aliphatic rings. The SMILES string of the molecule is CCCCCC(CC(=O)Nc1cc(C(=O)OC)ccc1C(C)(C)C)c1ccc(C)cc1OC. The molecule has 5 heteroatoms. The topological polar surface area (TPSA) is 64.6 Å². The van der Waals surface area contributed by atoms with Crippen LogP contribution in [-0.4, -0.2) is 26.1 Å². The first-order valence-corrected chi connectivity index (χ1v) is 11.8. The van der Waals surface area contributed by atoms with Crippen LogP contribution in [0.15, 0.2) is 36.4 Å². The summed E-state index contributed by atoms with van der Waals surface area (Å²) in [5, 5.41) is 3.09. The predicted molar refractivity (Wildman–Crippen MR) is 134 cm³/mol. The highest BCUT2D eigenvalue weighted by atomic mass is 16.5. The summed E-state index contributed by atoms with van der Waals surface area (Å²) in [5.74, 6) is 0.376. The lowest BCUT2D eigenvalue weighted by Gasteiger charge is -2.25. The number of hydrogen-bond donors (Lipinski definition) is 1. The highest BCUT2D eigenvalue weighted by Crippen LogP contribution is 2.35. The normalized spacial score (nSPS) is 12.2. The molecule has 0 aliphatic carbocycles. The molecule has 1 N–H and O–H groups in total. The maximum atomic E-state index is 13.3. The largest absolute Gasteiger partial charge is 0.496 e. The quantitative estimate of drug-likeness (QED) is 0.318. The van der Waals surface area contributed by atoms with E-state index in [2.05, 4.69) is 45.1 Å². The minimum absolute atomic E-state index is 0.0500. The Morgan fingerprint density at radius 1 is 1.03 bits per heavy atom. The van der Waals surface area contributed by atoms with E-state index in [0.717, 1.165) is 48.1 Å². The third kappa shape index (κ3) is 7.34. The van der Waals surface area contributed by atoms with Crippen molar-refractivity contribution in [3.05, 3.63) is 58.7 Å². The van der Waals surface area contributed by atoms with Gasteiger partial charge >= 0.3 is 5.97 Å². The number of carbonyl (C=O) groups excluding carboxylic acids is 2. The summed E-state index contributed by atoms with van der Waals surface area (Å²) in [7, 11) is 3.03. The number of esters is 1. The fraction of sp³-hybridized carbons (Fsp3) is 0.500. The number of hydrogen-bond acceptors (Lipinski definition) is 4. The third-order valence-electron chi connectivity index (χ3n) is 5.94. The summed E-state index contributed by atoms with van der Waals surface area (Å²) in [6.45, 7) is 10.5. The summed E-state index contributed by atoms with van der Waals surface area (Å²) in [6.07, 6.45) is 4.56. The Bertz CT molecular complexity index is 959. The molecule has 0 bridgehead atoms. The fourth-order valence-electron chi connectivity index (χ4n) is 4.14. The summed E-state index contributed by atoms with van der Waals surface area (Å²) >= 11 is 0. The molecule has 2 rings (SSSR count). The van der Waals surface area contributed by atoms with Crippen LogP contribution in [0.4, 0.5) is 5.69 Å². The van der Waals surface area contributed by atoms with E-state index in [4.69, 9.17) is 9.47 Å². The van der Waals surface area contributed by atoms with Crippen molar-refractivity contribution < 1.29 is 19.1 Å². The van der Waals surface area contributed by atoms with Crippen molar-refractivity contribution in [2.45, 2.75) is 78.1 Å². The Morgan fingerprint density at radius 3 is 2.36 bits per heavy atom. The van der Waals surface area contributed by atoms with Gasteiger partial charge in [-0.1, -0.05) is 65.2 Å². The minimum atomic E-state index is -0.423. The van der Waals surface area contributed by atoms with Gasteiger partial charge in [0.1, 0.15) is 5.75 Å². The van der Waals surface area contributed by atoms with Gasteiger partial charge in [-0.2, -0.15) is 0 Å². The molecular weight excluding hydrogens is 414 g/mol. The van der Waals surface area contributed by atoms with Crippen LogP contribution in [0.3, 0.4) is 0 Å². The van der Waals surface area contributed by atoms with Gasteiger partial charge < -0.3 is 14.8 Å². The highest BCUT2D eigenvalue weighted by molar-refractivity contribution is 5.96. The van der Waals surface area contributed by atoms with Crippen molar-refractivity contribution in [1.29, 1.82) is 0 Å². The van der Waals surface area contributed by atoms with Crippen LogP contribution in [0, 0.1) is 6.92 Å². The first-order chi connectivity index (χ1) is 15.6. The van der Waals surface area contributed by atoms with E-state index in [1.165, 1.54) is 7.11 Å². The predicted octanol–water partition coefficient (Wildman–Crippen LogP) is 6.78. The molecule has 0 aliphatic heterocycles. The molecule has 0 radical (unpaired) electrons. The average molecular weight is 454 g/mol. The highest BCUT2D eigenvalue weighted by Gasteiger charge is 2.24. The Balaban J connectivity index is 2.34. The maximum Gasteiger partial charge on any atom is 0.337 e. The fourth-order valence-corrected chi connectivity index (χ4v) is 4.14. The number of methoxy groups -OCH3 is 2. The van der Waals surface area contributed by atoms with Crippen LogP contribution in [0.2, 0.25) is 0 Å². The molecule has 0 heterocycles. The van der Waals surface area contributed by atoms with Gasteiger partial charge in [0.05, 0.1) is 19.8 Å². The van der Waals surface area contributed by atoms with Gasteiger partial charge in [0.25, 0.3) is 0 Å². The first kappa shape index (κ1) is 26.4. The van der Waals surface area contributed by atoms with Crippen molar-refractivity contribution >= 4 is 17.6 Å². The van der Waals surface area contributed by atoms with Gasteiger partial charge in [0.15, 0.2) is 0 Å². The zero-order valence-electron chi connectivity index (χ0n) is 21.2. The molecule has 0 saturated heterocycles. The van der Waals surface area contributed by atoms with E-state index >= 15 is 0 Å². The number of ether oxygens (including phenoxy) is 2. The van der Waals surface area contributed by atoms with Crippen LogP contribution in [0.5, 0.6) is 5.75 Å². The number of aryl methyl sites for hydroxylation is 1. The van der Waals surface area contributed by atoms with Crippen molar-refractivity contribution in [3.63, 3.8) is 0 Å². The van der Waals surface area contributed by atoms with Crippen molar-refractivity contribution in [2.24, 2.45) is 0 Å². The van der Waals surface area contributed by atoms with Gasteiger partial charge in [0, 0.05) is 12.1 Å². The number of rotatable bonds is 10. The molecule has 0 fully saturated rings. The number of unbranched alkanes of at least 4 members (excludes halogenated alkanes) is 2. The molecule has 5 nitrogen and oxygen atoms in total. The van der Waals surface area contributed by atoms with Crippen molar-refractivity contribution in [3.8, 4) is 5.75 Å². The van der Waals surface area contributed by atoms with Gasteiger partial charge in [-0.25, -0.2) is 4.79 Å². The minimum Gasteiger partial charge on any atom is -0.496 e. The Labute approximate surface area is 198 Å². The Hall–Kier alpha value is -2.82. The van der Waals surface area contributed by atoms with E-state index < -0.39 is 5.97 Å². The third-order valence-corrected chi connectivity index (χ3v) is 5.94. The second-order valence-corrected chi connectivity index (χ2v) is 9.69. The van der Waals surface area contributed by atoms with Gasteiger partial charge in [-0.3, -0.25) is 4.79 Å². The van der Waals surface area contributed by atoms with Crippen molar-refractivity contribution in [2.75, 3.05) is 19.5 Å². The number of benzene rings is 2. The first-order valence-electron chi connectivity index (χ1n) is 11.8. The molecule has 1 amide bonds. The number of anilines is 1. The summed E-state index contributed by atoms with van der Waals surface area (Å²) < 4.78 is 10.5. The van der Waals surface area contributed by atoms with Gasteiger partial charge in [-0.15, -0.1) is 0 Å². The molecule has 2 aromatic rings. The lowest BCUT2D eigenvalue weighted by molar-refractivity contribution is -0.116. The van der Waals surface area contributed by atoms with E-state index in [9.17, 15) is 9.59 Å². The molecule has 0 aromatic heterocycles. The molecule has 180 valence electrons. The second-order valence-electron chi connectivity index (χ2n) is 9.69. The standard InChI is InChI=1S/C28H39NO4/c1-8-9-10-11-20(22-14-12-19(2)16-25(22)32-6)18-26(30)29-24-17-21(27(31)33-7)13-15-23(24)28(3,4)5/h12-17,20H,8-11,18H2,1-7H3,(H,29,30). The summed E-state index contributed by atoms with van der Waals surface area (Å²) in [5.41, 5.74) is 4.03. The molecule has 1 unspecified atom stereocenters. The smallest absolute Gasteiger partial charge is 0.337 e. The van der Waals surface area contributed by atoms with Crippen LogP contribution in [-0.2, 0) is 14.9 Å². The van der Waals surface area contributed by atoms with E-state index in [-0.39, 0.29) is 17.2 Å². The molecule has 2 aromatic carbocycles. The lowest BCUT2D eigenvalue weighted by atomic mass is 9.85. The van der Waals surface area contributed by atoms with Crippen LogP contribution in [0.25, 0.3) is 0 Å². The van der Waals surface area contributed by atoms with E-state index in [0.29, 0.717) is 17.7 Å². The number of carbonyl (C=O) groups is 2. The lowest BCUT2D eigenvalue weighted by Crippen LogP contribution is -2.21. The maximum absolute atomic E-state index is 13.3. The Morgan fingerprint density at radius 2 is 1.76 bits per heavy atom. The molecule has 33 heavy (non-hydrogen) atoms. The molecule has 0 spiro atoms. The van der Waals surface area contributed by atoms with Gasteiger partial charge in [0.2, 0.25) is 5.91 Å². The average Bonchev–Trinajstić information content (AvgIpc) is 2.77. The van der Waals surface area contributed by atoms with Crippen molar-refractivity contribution in [1.82, 2.24) is 0 Å². The number of amides is 1. The summed E-state index contributed by atoms with van der Waals surface area (Å²) in [6, 6.07) is 11.5.